The molecule has 0 bridgehead atoms. The van der Waals surface area contributed by atoms with Gasteiger partial charge in [0, 0.05) is 0 Å². The lowest BCUT2D eigenvalue weighted by molar-refractivity contribution is -0.158. The van der Waals surface area contributed by atoms with Crippen LogP contribution in [0.15, 0.2) is 48.5 Å². The van der Waals surface area contributed by atoms with E-state index in [2.05, 4.69) is 18.9 Å². The van der Waals surface area contributed by atoms with Crippen LogP contribution in [0.4, 0.5) is 0 Å². The summed E-state index contributed by atoms with van der Waals surface area (Å²) in [6, 6.07) is 12.0. The second-order valence-electron chi connectivity index (χ2n) is 7.36. The average molecular weight is 596 g/mol. The van der Waals surface area contributed by atoms with Crippen molar-refractivity contribution in [3.8, 4) is 23.0 Å². The Bertz CT molecular complexity index is 1080. The first-order valence-corrected chi connectivity index (χ1v) is 11.6. The largest absolute Gasteiger partial charge is 0.482 e. The molecule has 0 saturated heterocycles. The lowest BCUT2D eigenvalue weighted by Gasteiger charge is -2.08. The van der Waals surface area contributed by atoms with Gasteiger partial charge in [0.05, 0.1) is 14.2 Å². The number of carboxylic acids is 2. The predicted molar refractivity (Wildman–Crippen MR) is 136 cm³/mol. The fourth-order valence-corrected chi connectivity index (χ4v) is 2.32. The Morgan fingerprint density at radius 1 is 0.452 bits per heavy atom. The van der Waals surface area contributed by atoms with Gasteiger partial charge in [0.1, 0.15) is 23.0 Å². The number of carbonyl (C=O) groups excluding carboxylic acids is 4. The molecule has 0 fully saturated rings. The van der Waals surface area contributed by atoms with Crippen molar-refractivity contribution in [1.82, 2.24) is 0 Å². The van der Waals surface area contributed by atoms with E-state index in [9.17, 15) is 28.8 Å². The summed E-state index contributed by atoms with van der Waals surface area (Å²) in [6.07, 6.45) is 0. The zero-order valence-corrected chi connectivity index (χ0v) is 22.5. The van der Waals surface area contributed by atoms with Crippen molar-refractivity contribution in [2.75, 3.05) is 53.9 Å². The van der Waals surface area contributed by atoms with Crippen LogP contribution in [0.25, 0.3) is 0 Å². The first-order chi connectivity index (χ1) is 20.0. The van der Waals surface area contributed by atoms with Crippen LogP contribution in [0.3, 0.4) is 0 Å². The lowest BCUT2D eigenvalue weighted by atomic mass is 10.3. The van der Waals surface area contributed by atoms with E-state index >= 15 is 0 Å². The van der Waals surface area contributed by atoms with Crippen molar-refractivity contribution in [2.45, 2.75) is 0 Å². The normalized spacial score (nSPS) is 9.57. The van der Waals surface area contributed by atoms with Gasteiger partial charge in [-0.2, -0.15) is 0 Å². The van der Waals surface area contributed by atoms with Crippen molar-refractivity contribution >= 4 is 35.8 Å². The maximum atomic E-state index is 11.3. The van der Waals surface area contributed by atoms with E-state index in [1.165, 1.54) is 62.8 Å². The zero-order valence-electron chi connectivity index (χ0n) is 22.5. The molecule has 0 aromatic heterocycles. The molecule has 2 N–H and O–H groups in total. The smallest absolute Gasteiger partial charge is 0.344 e. The summed E-state index contributed by atoms with van der Waals surface area (Å²) in [7, 11) is 2.35. The molecule has 0 aliphatic heterocycles. The van der Waals surface area contributed by atoms with Gasteiger partial charge in [0.15, 0.2) is 39.6 Å². The van der Waals surface area contributed by atoms with Gasteiger partial charge in [-0.25, -0.2) is 28.8 Å². The van der Waals surface area contributed by atoms with Crippen LogP contribution >= 0.6 is 0 Å². The van der Waals surface area contributed by atoms with E-state index in [0.717, 1.165) is 0 Å². The van der Waals surface area contributed by atoms with E-state index in [1.54, 1.807) is 0 Å². The maximum absolute atomic E-state index is 11.3. The Balaban J connectivity index is 0.000000470. The molecule has 2 rings (SSSR count). The second-order valence-corrected chi connectivity index (χ2v) is 7.36. The van der Waals surface area contributed by atoms with Gasteiger partial charge in [-0.05, 0) is 48.5 Å². The average Bonchev–Trinajstić information content (AvgIpc) is 2.99. The predicted octanol–water partition coefficient (Wildman–Crippen LogP) is 0.490. The minimum Gasteiger partial charge on any atom is -0.482 e. The first kappa shape index (κ1) is 34.5. The molecule has 0 spiro atoms. The number of carboxylic acid groups (broad SMARTS) is 2. The molecule has 0 aliphatic rings. The number of esters is 4. The molecule has 16 heteroatoms. The Morgan fingerprint density at radius 3 is 0.952 bits per heavy atom. The molecule has 2 aromatic carbocycles. The summed E-state index contributed by atoms with van der Waals surface area (Å²) >= 11 is 0. The first-order valence-electron chi connectivity index (χ1n) is 11.6. The number of hydrogen-bond donors (Lipinski definition) is 2. The summed E-state index contributed by atoms with van der Waals surface area (Å²) < 4.78 is 37.9. The number of methoxy groups -OCH3 is 2. The topological polar surface area (TPSA) is 217 Å². The number of aliphatic carboxylic acids is 2. The number of hydrogen-bond acceptors (Lipinski definition) is 14. The van der Waals surface area contributed by atoms with E-state index in [1.807, 2.05) is 0 Å². The van der Waals surface area contributed by atoms with Crippen LogP contribution in [0, 0.1) is 0 Å². The Kier molecular flexibility index (Phi) is 16.0. The molecule has 16 nitrogen and oxygen atoms in total. The van der Waals surface area contributed by atoms with Crippen LogP contribution in [0.5, 0.6) is 23.0 Å². The van der Waals surface area contributed by atoms with E-state index < -0.39 is 75.5 Å². The number of ether oxygens (including phenoxy) is 8. The van der Waals surface area contributed by atoms with Gasteiger partial charge in [-0.1, -0.05) is 0 Å². The van der Waals surface area contributed by atoms with Crippen LogP contribution in [-0.2, 0) is 47.7 Å². The highest BCUT2D eigenvalue weighted by atomic mass is 16.6. The standard InChI is InChI=1S/C16H18O10.C10H10O6/c1-21-13(17)7-25-15(19)9-23-11-3-5-12(6-4-11)24-10-16(20)26-8-14(18)22-2;11-9(12)5-15-7-1-2-8(4-3-7)16-6-10(13)14/h3-6H,7-10H2,1-2H3;1-4H,5-6H2,(H,11,12)(H,13,14). The molecule has 2 aromatic rings. The van der Waals surface area contributed by atoms with Crippen LogP contribution in [0.2, 0.25) is 0 Å². The summed E-state index contributed by atoms with van der Waals surface area (Å²) in [5, 5.41) is 16.7. The fraction of sp³-hybridized carbons (Fsp3) is 0.308. The van der Waals surface area contributed by atoms with Gasteiger partial charge in [0.25, 0.3) is 0 Å². The summed E-state index contributed by atoms with van der Waals surface area (Å²) in [5.41, 5.74) is 0. The third kappa shape index (κ3) is 16.4. The highest BCUT2D eigenvalue weighted by Crippen LogP contribution is 2.18. The fourth-order valence-electron chi connectivity index (χ4n) is 2.32. The van der Waals surface area contributed by atoms with Gasteiger partial charge in [0.2, 0.25) is 0 Å². The number of carbonyl (C=O) groups is 6. The lowest BCUT2D eigenvalue weighted by Crippen LogP contribution is -2.20. The summed E-state index contributed by atoms with van der Waals surface area (Å²) in [5.74, 6) is -3.49. The van der Waals surface area contributed by atoms with E-state index in [0.29, 0.717) is 23.0 Å². The molecule has 0 heterocycles. The molecular weight excluding hydrogens is 568 g/mol. The molecule has 0 unspecified atom stereocenters. The third-order valence-corrected chi connectivity index (χ3v) is 4.24. The third-order valence-electron chi connectivity index (χ3n) is 4.24. The molecular formula is C26H28O16. The van der Waals surface area contributed by atoms with E-state index in [-0.39, 0.29) is 0 Å². The van der Waals surface area contributed by atoms with Crippen molar-refractivity contribution in [1.29, 1.82) is 0 Å². The number of benzene rings is 2. The maximum Gasteiger partial charge on any atom is 0.344 e. The van der Waals surface area contributed by atoms with Gasteiger partial charge >= 0.3 is 35.8 Å². The molecule has 0 saturated carbocycles. The molecule has 0 radical (unpaired) electrons. The van der Waals surface area contributed by atoms with E-state index in [4.69, 9.17) is 29.2 Å². The minimum absolute atomic E-state index is 0.348. The number of rotatable bonds is 16. The highest BCUT2D eigenvalue weighted by Gasteiger charge is 2.10. The van der Waals surface area contributed by atoms with Crippen LogP contribution in [-0.4, -0.2) is 99.9 Å². The van der Waals surface area contributed by atoms with Gasteiger partial charge < -0.3 is 48.1 Å². The molecule has 0 amide bonds. The van der Waals surface area contributed by atoms with Crippen LogP contribution in [0.1, 0.15) is 0 Å². The molecule has 0 aliphatic carbocycles. The van der Waals surface area contributed by atoms with Crippen molar-refractivity contribution < 1.29 is 76.9 Å². The zero-order chi connectivity index (χ0) is 31.3. The summed E-state index contributed by atoms with van der Waals surface area (Å²) in [4.78, 5) is 64.7. The minimum atomic E-state index is -1.06. The van der Waals surface area contributed by atoms with Crippen molar-refractivity contribution in [2.24, 2.45) is 0 Å². The monoisotopic (exact) mass is 596 g/mol. The Morgan fingerprint density at radius 2 is 0.714 bits per heavy atom. The molecule has 42 heavy (non-hydrogen) atoms. The second kappa shape index (κ2) is 19.5. The molecule has 228 valence electrons. The highest BCUT2D eigenvalue weighted by molar-refractivity contribution is 5.77. The Labute approximate surface area is 238 Å². The van der Waals surface area contributed by atoms with Gasteiger partial charge in [-0.15, -0.1) is 0 Å². The quantitative estimate of drug-likeness (QED) is 0.199. The van der Waals surface area contributed by atoms with Crippen LogP contribution < -0.4 is 18.9 Å². The molecule has 0 atom stereocenters. The van der Waals surface area contributed by atoms with Crippen molar-refractivity contribution in [3.63, 3.8) is 0 Å². The van der Waals surface area contributed by atoms with Gasteiger partial charge in [-0.3, -0.25) is 0 Å². The summed E-state index contributed by atoms with van der Waals surface area (Å²) in [6.45, 7) is -2.60. The van der Waals surface area contributed by atoms with Crippen molar-refractivity contribution in [3.05, 3.63) is 48.5 Å². The SMILES string of the molecule is COC(=O)COC(=O)COc1ccc(OCC(=O)OCC(=O)OC)cc1.O=C(O)COc1ccc(OCC(=O)O)cc1. The Hall–Kier alpha value is -5.54.